The molecule has 2 rings (SSSR count). The van der Waals surface area contributed by atoms with Crippen LogP contribution in [0, 0.1) is 25.5 Å². The van der Waals surface area contributed by atoms with Crippen LogP contribution in [0.15, 0.2) is 30.5 Å². The quantitative estimate of drug-likeness (QED) is 0.763. The molecule has 0 fully saturated rings. The monoisotopic (exact) mass is 247 g/mol. The van der Waals surface area contributed by atoms with Crippen LogP contribution in [0.3, 0.4) is 0 Å². The summed E-state index contributed by atoms with van der Waals surface area (Å²) in [4.78, 5) is 15.9. The number of carbonyl (C=O) groups excluding carboxylic acids is 1. The zero-order valence-corrected chi connectivity index (χ0v) is 10.00. The van der Waals surface area contributed by atoms with Gasteiger partial charge in [0, 0.05) is 6.20 Å². The first-order chi connectivity index (χ1) is 8.50. The van der Waals surface area contributed by atoms with Gasteiger partial charge in [0.1, 0.15) is 17.3 Å². The third kappa shape index (κ3) is 2.14. The second-order valence-corrected chi connectivity index (χ2v) is 4.10. The Kier molecular flexibility index (Phi) is 3.19. The second-order valence-electron chi connectivity index (χ2n) is 4.10. The topological polar surface area (TPSA) is 30.0 Å². The first-order valence-electron chi connectivity index (χ1n) is 5.42. The van der Waals surface area contributed by atoms with E-state index in [2.05, 4.69) is 4.98 Å². The van der Waals surface area contributed by atoms with Crippen molar-refractivity contribution in [2.75, 3.05) is 0 Å². The van der Waals surface area contributed by atoms with E-state index in [9.17, 15) is 13.6 Å². The van der Waals surface area contributed by atoms with Crippen molar-refractivity contribution in [3.8, 4) is 0 Å². The van der Waals surface area contributed by atoms with Crippen molar-refractivity contribution < 1.29 is 13.6 Å². The zero-order valence-electron chi connectivity index (χ0n) is 10.00. The molecule has 0 N–H and O–H groups in total. The molecule has 0 aliphatic carbocycles. The third-order valence-electron chi connectivity index (χ3n) is 2.66. The van der Waals surface area contributed by atoms with Crippen LogP contribution in [0.1, 0.15) is 27.2 Å². The fourth-order valence-corrected chi connectivity index (χ4v) is 1.65. The van der Waals surface area contributed by atoms with E-state index in [1.165, 1.54) is 25.3 Å². The Labute approximate surface area is 103 Å². The summed E-state index contributed by atoms with van der Waals surface area (Å²) in [5.41, 5.74) is 0.528. The van der Waals surface area contributed by atoms with E-state index in [1.807, 2.05) is 0 Å². The van der Waals surface area contributed by atoms with Gasteiger partial charge in [-0.25, -0.2) is 8.78 Å². The van der Waals surface area contributed by atoms with Crippen LogP contribution in [-0.4, -0.2) is 10.8 Å². The van der Waals surface area contributed by atoms with Gasteiger partial charge in [0.2, 0.25) is 5.78 Å². The largest absolute Gasteiger partial charge is 0.287 e. The van der Waals surface area contributed by atoms with Gasteiger partial charge in [0.25, 0.3) is 0 Å². The van der Waals surface area contributed by atoms with Crippen molar-refractivity contribution >= 4 is 5.78 Å². The van der Waals surface area contributed by atoms with Crippen molar-refractivity contribution in [1.82, 2.24) is 4.98 Å². The Morgan fingerprint density at radius 2 is 1.89 bits per heavy atom. The van der Waals surface area contributed by atoms with Gasteiger partial charge in [-0.15, -0.1) is 0 Å². The van der Waals surface area contributed by atoms with E-state index in [4.69, 9.17) is 0 Å². The molecular formula is C14H11F2NO. The molecule has 2 aromatic rings. The van der Waals surface area contributed by atoms with Crippen LogP contribution in [0.4, 0.5) is 8.78 Å². The molecule has 2 nitrogen and oxygen atoms in total. The van der Waals surface area contributed by atoms with Gasteiger partial charge in [0.15, 0.2) is 0 Å². The smallest absolute Gasteiger partial charge is 0.217 e. The van der Waals surface area contributed by atoms with E-state index in [0.29, 0.717) is 0 Å². The number of aromatic nitrogens is 1. The van der Waals surface area contributed by atoms with Crippen LogP contribution in [-0.2, 0) is 0 Å². The van der Waals surface area contributed by atoms with Gasteiger partial charge >= 0.3 is 0 Å². The number of pyridine rings is 1. The fourth-order valence-electron chi connectivity index (χ4n) is 1.65. The summed E-state index contributed by atoms with van der Waals surface area (Å²) in [6, 6.07) is 5.59. The van der Waals surface area contributed by atoms with Crippen LogP contribution in [0.25, 0.3) is 0 Å². The Morgan fingerprint density at radius 1 is 1.17 bits per heavy atom. The van der Waals surface area contributed by atoms with Crippen molar-refractivity contribution in [3.05, 3.63) is 64.5 Å². The van der Waals surface area contributed by atoms with Gasteiger partial charge in [-0.3, -0.25) is 9.78 Å². The summed E-state index contributed by atoms with van der Waals surface area (Å²) >= 11 is 0. The summed E-state index contributed by atoms with van der Waals surface area (Å²) in [5.74, 6) is -2.44. The Hall–Kier alpha value is -2.10. The van der Waals surface area contributed by atoms with Gasteiger partial charge in [0.05, 0.1) is 5.56 Å². The molecule has 1 aromatic carbocycles. The lowest BCUT2D eigenvalue weighted by atomic mass is 10.0. The molecule has 0 amide bonds. The number of aryl methyl sites for hydroxylation is 2. The van der Waals surface area contributed by atoms with E-state index < -0.39 is 23.0 Å². The van der Waals surface area contributed by atoms with E-state index in [-0.39, 0.29) is 11.3 Å². The van der Waals surface area contributed by atoms with Gasteiger partial charge in [-0.1, -0.05) is 6.07 Å². The van der Waals surface area contributed by atoms with Gasteiger partial charge in [-0.2, -0.15) is 0 Å². The highest BCUT2D eigenvalue weighted by molar-refractivity contribution is 6.08. The fraction of sp³-hybridized carbons (Fsp3) is 0.143. The molecule has 0 radical (unpaired) electrons. The SMILES string of the molecule is Cc1ccnc(C(=O)c2c(F)ccc(C)c2F)c1. The molecule has 1 heterocycles. The molecule has 0 unspecified atom stereocenters. The minimum absolute atomic E-state index is 0.0402. The number of carbonyl (C=O) groups is 1. The Bertz CT molecular complexity index is 623. The molecule has 0 atom stereocenters. The first kappa shape index (κ1) is 12.4. The lowest BCUT2D eigenvalue weighted by Gasteiger charge is -2.06. The maximum Gasteiger partial charge on any atom is 0.217 e. The minimum Gasteiger partial charge on any atom is -0.287 e. The summed E-state index contributed by atoms with van der Waals surface area (Å²) in [6.45, 7) is 3.26. The minimum atomic E-state index is -0.869. The standard InChI is InChI=1S/C14H11F2NO/c1-8-5-6-17-11(7-8)14(18)12-10(15)4-3-9(2)13(12)16/h3-7H,1-2H3. The maximum absolute atomic E-state index is 13.8. The molecule has 92 valence electrons. The van der Waals surface area contributed by atoms with Crippen LogP contribution in [0.5, 0.6) is 0 Å². The molecule has 1 aromatic heterocycles. The highest BCUT2D eigenvalue weighted by atomic mass is 19.1. The van der Waals surface area contributed by atoms with Crippen LogP contribution in [0.2, 0.25) is 0 Å². The maximum atomic E-state index is 13.8. The number of hydrogen-bond acceptors (Lipinski definition) is 2. The highest BCUT2D eigenvalue weighted by Gasteiger charge is 2.21. The van der Waals surface area contributed by atoms with E-state index in [1.54, 1.807) is 13.0 Å². The number of halogens is 2. The molecular weight excluding hydrogens is 236 g/mol. The summed E-state index contributed by atoms with van der Waals surface area (Å²) in [6.07, 6.45) is 1.44. The van der Waals surface area contributed by atoms with Crippen molar-refractivity contribution in [2.24, 2.45) is 0 Å². The lowest BCUT2D eigenvalue weighted by molar-refractivity contribution is 0.102. The highest BCUT2D eigenvalue weighted by Crippen LogP contribution is 2.19. The molecule has 4 heteroatoms. The zero-order chi connectivity index (χ0) is 13.3. The summed E-state index contributed by atoms with van der Waals surface area (Å²) in [5, 5.41) is 0. The Balaban J connectivity index is 2.56. The molecule has 0 saturated heterocycles. The predicted molar refractivity (Wildman–Crippen MR) is 63.5 cm³/mol. The Morgan fingerprint density at radius 3 is 2.56 bits per heavy atom. The average molecular weight is 247 g/mol. The number of ketones is 1. The van der Waals surface area contributed by atoms with Gasteiger partial charge in [-0.05, 0) is 43.2 Å². The van der Waals surface area contributed by atoms with Crippen molar-refractivity contribution in [2.45, 2.75) is 13.8 Å². The van der Waals surface area contributed by atoms with E-state index in [0.717, 1.165) is 11.6 Å². The third-order valence-corrected chi connectivity index (χ3v) is 2.66. The van der Waals surface area contributed by atoms with Gasteiger partial charge < -0.3 is 0 Å². The number of nitrogens with zero attached hydrogens (tertiary/aromatic N) is 1. The molecule has 18 heavy (non-hydrogen) atoms. The van der Waals surface area contributed by atoms with Crippen LogP contribution < -0.4 is 0 Å². The first-order valence-corrected chi connectivity index (χ1v) is 5.42. The van der Waals surface area contributed by atoms with E-state index >= 15 is 0 Å². The summed E-state index contributed by atoms with van der Waals surface area (Å²) < 4.78 is 27.4. The predicted octanol–water partition coefficient (Wildman–Crippen LogP) is 3.21. The van der Waals surface area contributed by atoms with Crippen LogP contribution >= 0.6 is 0 Å². The molecule has 0 aliphatic rings. The lowest BCUT2D eigenvalue weighted by Crippen LogP contribution is -2.10. The normalized spacial score (nSPS) is 10.4. The number of rotatable bonds is 2. The molecule has 0 bridgehead atoms. The molecule has 0 saturated carbocycles. The molecule has 0 spiro atoms. The summed E-state index contributed by atoms with van der Waals surface area (Å²) in [7, 11) is 0. The number of benzene rings is 1. The second kappa shape index (κ2) is 4.64. The average Bonchev–Trinajstić information content (AvgIpc) is 2.34. The van der Waals surface area contributed by atoms with Crippen molar-refractivity contribution in [3.63, 3.8) is 0 Å². The molecule has 0 aliphatic heterocycles. The van der Waals surface area contributed by atoms with Crippen molar-refractivity contribution in [1.29, 1.82) is 0 Å². The number of hydrogen-bond donors (Lipinski definition) is 0.